The van der Waals surface area contributed by atoms with Crippen LogP contribution in [-0.4, -0.2) is 64.1 Å². The number of piperazine rings is 1. The molecule has 1 aliphatic heterocycles. The number of carbonyl (C=O) groups is 2. The zero-order valence-corrected chi connectivity index (χ0v) is 26.8. The molecule has 9 nitrogen and oxygen atoms in total. The molecule has 0 bridgehead atoms. The van der Waals surface area contributed by atoms with Crippen molar-refractivity contribution in [1.29, 1.82) is 0 Å². The summed E-state index contributed by atoms with van der Waals surface area (Å²) in [5.74, 6) is 4.76. The van der Waals surface area contributed by atoms with Gasteiger partial charge in [-0.1, -0.05) is 20.8 Å². The van der Waals surface area contributed by atoms with Crippen LogP contribution in [0, 0.1) is 56.5 Å². The molecule has 1 saturated heterocycles. The quantitative estimate of drug-likeness (QED) is 0.285. The van der Waals surface area contributed by atoms with E-state index in [-0.39, 0.29) is 23.4 Å². The van der Waals surface area contributed by atoms with E-state index in [1.54, 1.807) is 4.90 Å². The molecular formula is C35H51N3O6. The molecule has 2 amide bonds. The summed E-state index contributed by atoms with van der Waals surface area (Å²) in [6.07, 6.45) is 12.0. The Kier molecular flexibility index (Phi) is 8.72. The number of aliphatic hydroxyl groups is 1. The first-order valence-corrected chi connectivity index (χ1v) is 17.2. The van der Waals surface area contributed by atoms with Crippen molar-refractivity contribution in [1.82, 2.24) is 9.80 Å². The van der Waals surface area contributed by atoms with Crippen molar-refractivity contribution >= 4 is 17.7 Å². The maximum absolute atomic E-state index is 13.2. The van der Waals surface area contributed by atoms with Crippen LogP contribution in [0.4, 0.5) is 10.5 Å². The van der Waals surface area contributed by atoms with Crippen molar-refractivity contribution in [2.45, 2.75) is 97.5 Å². The molecule has 1 heterocycles. The number of aliphatic hydroxyl groups excluding tert-OH is 1. The minimum absolute atomic E-state index is 0.0568. The van der Waals surface area contributed by atoms with Gasteiger partial charge in [-0.05, 0) is 123 Å². The molecule has 1 aromatic carbocycles. The van der Waals surface area contributed by atoms with Crippen molar-refractivity contribution in [2.75, 3.05) is 26.2 Å². The second-order valence-electron chi connectivity index (χ2n) is 15.3. The molecule has 0 spiro atoms. The molecule has 44 heavy (non-hydrogen) atoms. The summed E-state index contributed by atoms with van der Waals surface area (Å²) in [7, 11) is 0. The van der Waals surface area contributed by atoms with Crippen LogP contribution < -0.4 is 4.74 Å². The van der Waals surface area contributed by atoms with Gasteiger partial charge >= 0.3 is 6.09 Å². The topological polar surface area (TPSA) is 113 Å². The van der Waals surface area contributed by atoms with Crippen LogP contribution in [0.15, 0.2) is 24.3 Å². The number of amides is 2. The molecule has 0 aromatic heterocycles. The number of hydrogen-bond acceptors (Lipinski definition) is 6. The lowest BCUT2D eigenvalue weighted by Crippen LogP contribution is -2.54. The average molecular weight is 610 g/mol. The van der Waals surface area contributed by atoms with E-state index in [1.807, 2.05) is 4.90 Å². The number of nitro groups is 1. The molecule has 242 valence electrons. The second-order valence-corrected chi connectivity index (χ2v) is 15.3. The molecule has 5 aliphatic rings. The average Bonchev–Trinajstić information content (AvgIpc) is 3.37. The smallest absolute Gasteiger partial charge is 0.410 e. The van der Waals surface area contributed by atoms with Crippen LogP contribution in [0.5, 0.6) is 5.75 Å². The lowest BCUT2D eigenvalue weighted by atomic mass is 9.44. The zero-order chi connectivity index (χ0) is 31.2. The molecule has 9 atom stereocenters. The Bertz CT molecular complexity index is 1230. The van der Waals surface area contributed by atoms with Gasteiger partial charge < -0.3 is 19.6 Å². The molecule has 4 aliphatic carbocycles. The van der Waals surface area contributed by atoms with Gasteiger partial charge in [0, 0.05) is 44.7 Å². The van der Waals surface area contributed by atoms with Gasteiger partial charge in [0.15, 0.2) is 0 Å². The summed E-state index contributed by atoms with van der Waals surface area (Å²) in [4.78, 5) is 39.7. The van der Waals surface area contributed by atoms with E-state index in [0.29, 0.717) is 61.2 Å². The fraction of sp³-hybridized carbons (Fsp3) is 0.771. The van der Waals surface area contributed by atoms with Gasteiger partial charge in [0.25, 0.3) is 5.69 Å². The lowest BCUT2D eigenvalue weighted by Gasteiger charge is -2.61. The first-order chi connectivity index (χ1) is 21.0. The minimum Gasteiger partial charge on any atom is -0.410 e. The summed E-state index contributed by atoms with van der Waals surface area (Å²) < 4.78 is 5.39. The highest BCUT2D eigenvalue weighted by Crippen LogP contribution is 2.68. The van der Waals surface area contributed by atoms with Crippen LogP contribution in [0.3, 0.4) is 0 Å². The molecule has 1 aromatic rings. The van der Waals surface area contributed by atoms with E-state index < -0.39 is 11.0 Å². The Hall–Kier alpha value is -2.68. The molecule has 1 N–H and O–H groups in total. The summed E-state index contributed by atoms with van der Waals surface area (Å²) in [6, 6.07) is 5.46. The molecule has 0 radical (unpaired) electrons. The van der Waals surface area contributed by atoms with E-state index >= 15 is 0 Å². The van der Waals surface area contributed by atoms with Gasteiger partial charge in [-0.3, -0.25) is 14.9 Å². The van der Waals surface area contributed by atoms with Crippen LogP contribution >= 0.6 is 0 Å². The monoisotopic (exact) mass is 609 g/mol. The highest BCUT2D eigenvalue weighted by Gasteiger charge is 2.60. The maximum atomic E-state index is 13.2. The Morgan fingerprint density at radius 1 is 0.955 bits per heavy atom. The SMILES string of the molecule is C[C@H](CCC(=O)N1CCN(C(=O)Oc2ccc([N+](=O)[O-])cc2)CC1)[C@H]1CC[C@H]2[C@@H]3CC[C@H]4C[C@@H](O)CC[C@]4(C)[C@H]3CC[C@]12C. The predicted octanol–water partition coefficient (Wildman–Crippen LogP) is 6.67. The molecule has 6 rings (SSSR count). The number of benzene rings is 1. The van der Waals surface area contributed by atoms with Crippen LogP contribution in [-0.2, 0) is 4.79 Å². The molecule has 0 unspecified atom stereocenters. The number of fused-ring (bicyclic) bond motifs is 5. The third-order valence-electron chi connectivity index (χ3n) is 13.4. The molecule has 5 fully saturated rings. The molecule has 9 heteroatoms. The van der Waals surface area contributed by atoms with Crippen molar-refractivity contribution < 1.29 is 24.4 Å². The standard InChI is InChI=1S/C35H51N3O6/c1-23(4-13-32(40)36-18-20-37(21-19-36)33(41)44-27-8-6-25(7-9-27)38(42)43)29-11-12-30-28-10-5-24-22-26(39)14-16-34(24,2)31(28)15-17-35(29,30)3/h6-9,23-24,26,28-31,39H,4-5,10-22H2,1-3H3/t23-,24+,26+,28+,29-,30+,31+,34+,35-/m1/s1. The van der Waals surface area contributed by atoms with Gasteiger partial charge in [-0.15, -0.1) is 0 Å². The predicted molar refractivity (Wildman–Crippen MR) is 167 cm³/mol. The van der Waals surface area contributed by atoms with Crippen LogP contribution in [0.1, 0.15) is 91.4 Å². The highest BCUT2D eigenvalue weighted by atomic mass is 16.6. The fourth-order valence-electron chi connectivity index (χ4n) is 10.9. The lowest BCUT2D eigenvalue weighted by molar-refractivity contribution is -0.384. The normalized spacial score (nSPS) is 37.4. The van der Waals surface area contributed by atoms with Crippen molar-refractivity contribution in [2.24, 2.45) is 46.3 Å². The van der Waals surface area contributed by atoms with Crippen LogP contribution in [0.25, 0.3) is 0 Å². The highest BCUT2D eigenvalue weighted by molar-refractivity contribution is 5.77. The van der Waals surface area contributed by atoms with E-state index in [2.05, 4.69) is 20.8 Å². The third-order valence-corrected chi connectivity index (χ3v) is 13.4. The van der Waals surface area contributed by atoms with Gasteiger partial charge in [-0.25, -0.2) is 4.79 Å². The van der Waals surface area contributed by atoms with E-state index in [1.165, 1.54) is 69.2 Å². The van der Waals surface area contributed by atoms with Gasteiger partial charge in [0.2, 0.25) is 5.91 Å². The molecular weight excluding hydrogens is 558 g/mol. The Labute approximate surface area is 261 Å². The minimum atomic E-state index is -0.498. The largest absolute Gasteiger partial charge is 0.415 e. The van der Waals surface area contributed by atoms with E-state index in [9.17, 15) is 24.8 Å². The first-order valence-electron chi connectivity index (χ1n) is 17.2. The Morgan fingerprint density at radius 3 is 2.32 bits per heavy atom. The van der Waals surface area contributed by atoms with E-state index in [4.69, 9.17) is 4.74 Å². The summed E-state index contributed by atoms with van der Waals surface area (Å²) in [5.41, 5.74) is 0.723. The second kappa shape index (κ2) is 12.3. The summed E-state index contributed by atoms with van der Waals surface area (Å²) >= 11 is 0. The number of non-ortho nitro benzene ring substituents is 1. The zero-order valence-electron chi connectivity index (χ0n) is 26.8. The van der Waals surface area contributed by atoms with Crippen LogP contribution in [0.2, 0.25) is 0 Å². The Morgan fingerprint density at radius 2 is 1.61 bits per heavy atom. The first kappa shape index (κ1) is 31.3. The van der Waals surface area contributed by atoms with Crippen molar-refractivity contribution in [3.8, 4) is 5.75 Å². The number of ether oxygens (including phenoxy) is 1. The number of carbonyl (C=O) groups excluding carboxylic acids is 2. The van der Waals surface area contributed by atoms with Gasteiger partial charge in [0.05, 0.1) is 11.0 Å². The third kappa shape index (κ3) is 5.74. The summed E-state index contributed by atoms with van der Waals surface area (Å²) in [5, 5.41) is 21.2. The maximum Gasteiger partial charge on any atom is 0.415 e. The number of nitrogens with zero attached hydrogens (tertiary/aromatic N) is 3. The van der Waals surface area contributed by atoms with E-state index in [0.717, 1.165) is 37.0 Å². The summed E-state index contributed by atoms with van der Waals surface area (Å²) in [6.45, 7) is 9.33. The number of nitro benzene ring substituents is 1. The Balaban J connectivity index is 0.975. The van der Waals surface area contributed by atoms with Gasteiger partial charge in [-0.2, -0.15) is 0 Å². The number of rotatable bonds is 6. The molecule has 4 saturated carbocycles. The van der Waals surface area contributed by atoms with Crippen molar-refractivity contribution in [3.05, 3.63) is 34.4 Å². The van der Waals surface area contributed by atoms with Gasteiger partial charge in [0.1, 0.15) is 5.75 Å². The fourth-order valence-corrected chi connectivity index (χ4v) is 10.9. The van der Waals surface area contributed by atoms with Crippen molar-refractivity contribution in [3.63, 3.8) is 0 Å². The number of hydrogen-bond donors (Lipinski definition) is 1.